The van der Waals surface area contributed by atoms with Crippen molar-refractivity contribution in [2.24, 2.45) is 0 Å². The topological polar surface area (TPSA) is 82.1 Å². The van der Waals surface area contributed by atoms with E-state index in [0.29, 0.717) is 32.8 Å². The number of nitrogens with zero attached hydrogens (tertiary/aromatic N) is 2. The van der Waals surface area contributed by atoms with Crippen molar-refractivity contribution in [2.45, 2.75) is 32.4 Å². The third kappa shape index (κ3) is 4.64. The lowest BCUT2D eigenvalue weighted by Crippen LogP contribution is -2.58. The normalized spacial score (nSPS) is 18.7. The van der Waals surface area contributed by atoms with Crippen molar-refractivity contribution < 1.29 is 19.4 Å². The molecule has 1 heterocycles. The third-order valence-electron chi connectivity index (χ3n) is 3.46. The van der Waals surface area contributed by atoms with Gasteiger partial charge in [0.2, 0.25) is 0 Å². The molecule has 1 aliphatic heterocycles. The molecule has 2 N–H and O–H groups in total. The summed E-state index contributed by atoms with van der Waals surface area (Å²) in [7, 11) is 1.60. The summed E-state index contributed by atoms with van der Waals surface area (Å²) in [6.07, 6.45) is 0. The largest absolute Gasteiger partial charge is 0.480 e. The molecule has 0 aromatic rings. The van der Waals surface area contributed by atoms with E-state index in [1.165, 1.54) is 0 Å². The fourth-order valence-electron chi connectivity index (χ4n) is 2.23. The Hall–Kier alpha value is -1.34. The minimum atomic E-state index is -0.830. The number of ether oxygens (including phenoxy) is 1. The number of amides is 2. The van der Waals surface area contributed by atoms with Crippen LogP contribution >= 0.6 is 0 Å². The van der Waals surface area contributed by atoms with Gasteiger partial charge in [0, 0.05) is 33.3 Å². The first-order valence-corrected chi connectivity index (χ1v) is 6.80. The van der Waals surface area contributed by atoms with Crippen molar-refractivity contribution in [3.63, 3.8) is 0 Å². The molecule has 0 aromatic heterocycles. The third-order valence-corrected chi connectivity index (χ3v) is 3.46. The fraction of sp³-hybridized carbons (Fsp3) is 0.846. The van der Waals surface area contributed by atoms with E-state index in [1.54, 1.807) is 18.9 Å². The van der Waals surface area contributed by atoms with E-state index in [4.69, 9.17) is 9.84 Å². The summed E-state index contributed by atoms with van der Waals surface area (Å²) >= 11 is 0. The minimum absolute atomic E-state index is 0.130. The number of piperazine rings is 1. The van der Waals surface area contributed by atoms with Gasteiger partial charge in [-0.05, 0) is 20.8 Å². The zero-order valence-corrected chi connectivity index (χ0v) is 12.7. The molecular formula is C13H25N3O4. The Kier molecular flexibility index (Phi) is 5.76. The van der Waals surface area contributed by atoms with Gasteiger partial charge in [-0.25, -0.2) is 4.79 Å². The first-order chi connectivity index (χ1) is 9.26. The second kappa shape index (κ2) is 6.90. The molecule has 0 bridgehead atoms. The molecule has 20 heavy (non-hydrogen) atoms. The Bertz CT molecular complexity index is 352. The summed E-state index contributed by atoms with van der Waals surface area (Å²) in [4.78, 5) is 26.6. The van der Waals surface area contributed by atoms with Crippen LogP contribution in [0.25, 0.3) is 0 Å². The van der Waals surface area contributed by atoms with Gasteiger partial charge < -0.3 is 20.1 Å². The van der Waals surface area contributed by atoms with E-state index in [1.807, 2.05) is 18.7 Å². The van der Waals surface area contributed by atoms with Gasteiger partial charge in [0.15, 0.2) is 0 Å². The van der Waals surface area contributed by atoms with Crippen LogP contribution < -0.4 is 5.32 Å². The van der Waals surface area contributed by atoms with Crippen molar-refractivity contribution in [3.8, 4) is 0 Å². The lowest BCUT2D eigenvalue weighted by atomic mass is 10.1. The van der Waals surface area contributed by atoms with Crippen LogP contribution in [0.2, 0.25) is 0 Å². The minimum Gasteiger partial charge on any atom is -0.480 e. The van der Waals surface area contributed by atoms with Gasteiger partial charge in [0.1, 0.15) is 6.04 Å². The predicted molar refractivity (Wildman–Crippen MR) is 74.7 cm³/mol. The lowest BCUT2D eigenvalue weighted by molar-refractivity contribution is -0.143. The highest BCUT2D eigenvalue weighted by Gasteiger charge is 2.29. The van der Waals surface area contributed by atoms with Crippen LogP contribution in [-0.2, 0) is 9.53 Å². The van der Waals surface area contributed by atoms with Crippen LogP contribution in [0.4, 0.5) is 4.79 Å². The zero-order chi connectivity index (χ0) is 15.3. The lowest BCUT2D eigenvalue weighted by Gasteiger charge is -2.38. The second-order valence-electron chi connectivity index (χ2n) is 5.78. The van der Waals surface area contributed by atoms with E-state index in [9.17, 15) is 9.59 Å². The number of nitrogens with one attached hydrogen (secondary N) is 1. The van der Waals surface area contributed by atoms with Gasteiger partial charge in [-0.15, -0.1) is 0 Å². The molecule has 0 spiro atoms. The SMILES string of the molecule is COCC(C)(C)NC(=O)N1CCN(C(C)C(=O)O)CC1. The van der Waals surface area contributed by atoms with Crippen LogP contribution in [0.3, 0.4) is 0 Å². The van der Waals surface area contributed by atoms with Gasteiger partial charge in [0.25, 0.3) is 0 Å². The molecule has 1 atom stereocenters. The summed E-state index contributed by atoms with van der Waals surface area (Å²) in [6.45, 7) is 8.12. The average molecular weight is 287 g/mol. The average Bonchev–Trinajstić information content (AvgIpc) is 2.37. The van der Waals surface area contributed by atoms with Crippen LogP contribution in [-0.4, -0.2) is 78.4 Å². The van der Waals surface area contributed by atoms with E-state index >= 15 is 0 Å². The van der Waals surface area contributed by atoms with E-state index in [-0.39, 0.29) is 6.03 Å². The first-order valence-electron chi connectivity index (χ1n) is 6.80. The maximum atomic E-state index is 12.1. The summed E-state index contributed by atoms with van der Waals surface area (Å²) in [5.74, 6) is -0.830. The summed E-state index contributed by atoms with van der Waals surface area (Å²) in [6, 6.07) is -0.639. The summed E-state index contributed by atoms with van der Waals surface area (Å²) < 4.78 is 5.06. The Morgan fingerprint density at radius 3 is 2.30 bits per heavy atom. The number of aliphatic carboxylic acids is 1. The Balaban J connectivity index is 2.45. The molecule has 1 rings (SSSR count). The molecule has 1 fully saturated rings. The van der Waals surface area contributed by atoms with Crippen molar-refractivity contribution in [2.75, 3.05) is 39.9 Å². The molecule has 7 heteroatoms. The van der Waals surface area contributed by atoms with Gasteiger partial charge >= 0.3 is 12.0 Å². The standard InChI is InChI=1S/C13H25N3O4/c1-10(11(17)18)15-5-7-16(8-6-15)12(19)14-13(2,3)9-20-4/h10H,5-9H2,1-4H3,(H,14,19)(H,17,18). The highest BCUT2D eigenvalue weighted by molar-refractivity contribution is 5.75. The van der Waals surface area contributed by atoms with Crippen molar-refractivity contribution >= 4 is 12.0 Å². The molecule has 1 aliphatic rings. The number of hydrogen-bond donors (Lipinski definition) is 2. The molecule has 1 unspecified atom stereocenters. The molecule has 0 radical (unpaired) electrons. The highest BCUT2D eigenvalue weighted by atomic mass is 16.5. The van der Waals surface area contributed by atoms with Crippen molar-refractivity contribution in [1.82, 2.24) is 15.1 Å². The fourth-order valence-corrected chi connectivity index (χ4v) is 2.23. The quantitative estimate of drug-likeness (QED) is 0.755. The summed E-state index contributed by atoms with van der Waals surface area (Å²) in [5.41, 5.74) is -0.419. The number of carbonyl (C=O) groups excluding carboxylic acids is 1. The zero-order valence-electron chi connectivity index (χ0n) is 12.7. The smallest absolute Gasteiger partial charge is 0.320 e. The number of carboxylic acids is 1. The number of carboxylic acid groups (broad SMARTS) is 1. The van der Waals surface area contributed by atoms with E-state index in [0.717, 1.165) is 0 Å². The highest BCUT2D eigenvalue weighted by Crippen LogP contribution is 2.09. The molecule has 1 saturated heterocycles. The molecule has 116 valence electrons. The van der Waals surface area contributed by atoms with Gasteiger partial charge in [0.05, 0.1) is 12.1 Å². The molecule has 0 aliphatic carbocycles. The number of urea groups is 1. The molecule has 0 aromatic carbocycles. The van der Waals surface area contributed by atoms with E-state index in [2.05, 4.69) is 5.32 Å². The second-order valence-corrected chi connectivity index (χ2v) is 5.78. The van der Waals surface area contributed by atoms with Gasteiger partial charge in [-0.2, -0.15) is 0 Å². The number of carbonyl (C=O) groups is 2. The molecule has 2 amide bonds. The summed E-state index contributed by atoms with van der Waals surface area (Å²) in [5, 5.41) is 11.9. The van der Waals surface area contributed by atoms with Crippen LogP contribution in [0, 0.1) is 0 Å². The van der Waals surface area contributed by atoms with Gasteiger partial charge in [-0.3, -0.25) is 9.69 Å². The predicted octanol–water partition coefficient (Wildman–Crippen LogP) is 0.212. The number of hydrogen-bond acceptors (Lipinski definition) is 4. The molecular weight excluding hydrogens is 262 g/mol. The van der Waals surface area contributed by atoms with E-state index < -0.39 is 17.6 Å². The Morgan fingerprint density at radius 1 is 1.30 bits per heavy atom. The first kappa shape index (κ1) is 16.7. The van der Waals surface area contributed by atoms with Gasteiger partial charge in [-0.1, -0.05) is 0 Å². The van der Waals surface area contributed by atoms with Crippen LogP contribution in [0.15, 0.2) is 0 Å². The molecule has 7 nitrogen and oxygen atoms in total. The maximum Gasteiger partial charge on any atom is 0.320 e. The Morgan fingerprint density at radius 2 is 1.85 bits per heavy atom. The van der Waals surface area contributed by atoms with Crippen LogP contribution in [0.1, 0.15) is 20.8 Å². The Labute approximate surface area is 119 Å². The maximum absolute atomic E-state index is 12.1. The van der Waals surface area contributed by atoms with Crippen molar-refractivity contribution in [3.05, 3.63) is 0 Å². The number of methoxy groups -OCH3 is 1. The van der Waals surface area contributed by atoms with Crippen LogP contribution in [0.5, 0.6) is 0 Å². The monoisotopic (exact) mass is 287 g/mol. The number of rotatable bonds is 5. The van der Waals surface area contributed by atoms with Crippen molar-refractivity contribution in [1.29, 1.82) is 0 Å². The molecule has 0 saturated carbocycles.